The van der Waals surface area contributed by atoms with E-state index in [2.05, 4.69) is 77.0 Å². The molecule has 30 heavy (non-hydrogen) atoms. The summed E-state index contributed by atoms with van der Waals surface area (Å²) in [4.78, 5) is 4.61. The molecule has 0 amide bonds. The van der Waals surface area contributed by atoms with E-state index in [1.807, 2.05) is 24.3 Å². The molecule has 1 aromatic heterocycles. The molecule has 1 N–H and O–H groups in total. The molecule has 6 rings (SSSR count). The van der Waals surface area contributed by atoms with E-state index < -0.39 is 5.62 Å². The van der Waals surface area contributed by atoms with Crippen molar-refractivity contribution in [2.24, 2.45) is 4.99 Å². The number of hydrogen-bond donors (Lipinski definition) is 1. The highest BCUT2D eigenvalue weighted by molar-refractivity contribution is 6.27. The number of rotatable bonds is 2. The lowest BCUT2D eigenvalue weighted by Crippen LogP contribution is -2.20. The Morgan fingerprint density at radius 2 is 1.43 bits per heavy atom. The average Bonchev–Trinajstić information content (AvgIpc) is 3.17. The highest BCUT2D eigenvalue weighted by Crippen LogP contribution is 2.36. The smallest absolute Gasteiger partial charge is 0.196 e. The third-order valence-electron chi connectivity index (χ3n) is 5.56. The van der Waals surface area contributed by atoms with Gasteiger partial charge in [0, 0.05) is 10.9 Å². The first kappa shape index (κ1) is 17.3. The zero-order chi connectivity index (χ0) is 20.1. The second kappa shape index (κ2) is 6.75. The Kier molecular flexibility index (Phi) is 3.90. The summed E-state index contributed by atoms with van der Waals surface area (Å²) in [5, 5.41) is 6.71. The summed E-state index contributed by atoms with van der Waals surface area (Å²) in [5.74, 6) is 0.728. The lowest BCUT2D eigenvalue weighted by Gasteiger charge is -2.18. The molecule has 0 saturated heterocycles. The summed E-state index contributed by atoms with van der Waals surface area (Å²) in [6, 6.07) is 31.3. The molecule has 144 valence electrons. The minimum absolute atomic E-state index is 0.534. The molecule has 4 aromatic carbocycles. The van der Waals surface area contributed by atoms with Crippen LogP contribution in [0.5, 0.6) is 0 Å². The second-order valence-corrected chi connectivity index (χ2v) is 7.81. The van der Waals surface area contributed by atoms with Crippen LogP contribution in [0, 0.1) is 0 Å². The summed E-state index contributed by atoms with van der Waals surface area (Å²) in [7, 11) is 0. The number of anilines is 1. The number of fused-ring (bicyclic) bond motifs is 4. The van der Waals surface area contributed by atoms with E-state index in [1.165, 1.54) is 16.3 Å². The quantitative estimate of drug-likeness (QED) is 0.251. The Morgan fingerprint density at radius 1 is 0.733 bits per heavy atom. The molecule has 5 aromatic rings. The predicted molar refractivity (Wildman–Crippen MR) is 125 cm³/mol. The van der Waals surface area contributed by atoms with Crippen molar-refractivity contribution in [2.45, 2.75) is 5.62 Å². The Bertz CT molecular complexity index is 1430. The first-order chi connectivity index (χ1) is 14.8. The van der Waals surface area contributed by atoms with Gasteiger partial charge in [0.05, 0.1) is 5.69 Å². The van der Waals surface area contributed by atoms with Crippen LogP contribution in [0.2, 0.25) is 0 Å². The highest BCUT2D eigenvalue weighted by Gasteiger charge is 2.26. The highest BCUT2D eigenvalue weighted by atomic mass is 35.5. The van der Waals surface area contributed by atoms with Gasteiger partial charge in [0.2, 0.25) is 0 Å². The standard InChI is InChI=1S/C26H17ClN2O/c27-26-28-23(25-24(29-26)21-7-3-4-8-22(21)30-25)18-12-9-17(10-13-18)20-14-11-16-5-1-2-6-19(16)15-20/h1-15,26,29H. The van der Waals surface area contributed by atoms with Gasteiger partial charge in [-0.2, -0.15) is 0 Å². The van der Waals surface area contributed by atoms with Crippen molar-refractivity contribution in [3.05, 3.63) is 102 Å². The fourth-order valence-corrected chi connectivity index (χ4v) is 4.28. The molecule has 1 unspecified atom stereocenters. The molecule has 0 radical (unpaired) electrons. The molecule has 2 heterocycles. The molecular formula is C26H17ClN2O. The van der Waals surface area contributed by atoms with Crippen LogP contribution >= 0.6 is 11.6 Å². The maximum absolute atomic E-state index is 6.39. The van der Waals surface area contributed by atoms with Gasteiger partial charge in [0.25, 0.3) is 0 Å². The van der Waals surface area contributed by atoms with Crippen LogP contribution in [0.1, 0.15) is 11.3 Å². The maximum Gasteiger partial charge on any atom is 0.196 e. The van der Waals surface area contributed by atoms with Crippen LogP contribution in [0.3, 0.4) is 0 Å². The van der Waals surface area contributed by atoms with Gasteiger partial charge in [0.1, 0.15) is 11.3 Å². The molecular weight excluding hydrogens is 392 g/mol. The van der Waals surface area contributed by atoms with Crippen molar-refractivity contribution in [2.75, 3.05) is 5.32 Å². The summed E-state index contributed by atoms with van der Waals surface area (Å²) < 4.78 is 6.12. The Balaban J connectivity index is 1.41. The molecule has 0 bridgehead atoms. The summed E-state index contributed by atoms with van der Waals surface area (Å²) in [6.45, 7) is 0. The van der Waals surface area contributed by atoms with Crippen LogP contribution in [-0.4, -0.2) is 11.3 Å². The van der Waals surface area contributed by atoms with Gasteiger partial charge in [0.15, 0.2) is 11.4 Å². The number of alkyl halides is 1. The molecule has 1 aliphatic rings. The number of nitrogens with one attached hydrogen (secondary N) is 1. The van der Waals surface area contributed by atoms with Crippen molar-refractivity contribution in [3.63, 3.8) is 0 Å². The number of nitrogens with zero attached hydrogens (tertiary/aromatic N) is 1. The van der Waals surface area contributed by atoms with E-state index >= 15 is 0 Å². The van der Waals surface area contributed by atoms with Gasteiger partial charge in [-0.05, 0) is 40.1 Å². The number of furan rings is 1. The Labute approximate surface area is 178 Å². The first-order valence-corrected chi connectivity index (χ1v) is 10.3. The van der Waals surface area contributed by atoms with Crippen molar-refractivity contribution in [1.82, 2.24) is 0 Å². The van der Waals surface area contributed by atoms with Crippen LogP contribution in [0.15, 0.2) is 100 Å². The normalized spacial score (nSPS) is 15.6. The zero-order valence-corrected chi connectivity index (χ0v) is 16.7. The van der Waals surface area contributed by atoms with E-state index in [0.29, 0.717) is 0 Å². The van der Waals surface area contributed by atoms with Gasteiger partial charge >= 0.3 is 0 Å². The van der Waals surface area contributed by atoms with Crippen molar-refractivity contribution >= 4 is 44.7 Å². The molecule has 0 aliphatic carbocycles. The van der Waals surface area contributed by atoms with E-state index in [9.17, 15) is 0 Å². The van der Waals surface area contributed by atoms with Crippen LogP contribution < -0.4 is 5.32 Å². The van der Waals surface area contributed by atoms with E-state index in [-0.39, 0.29) is 0 Å². The lowest BCUT2D eigenvalue weighted by atomic mass is 9.98. The largest absolute Gasteiger partial charge is 0.452 e. The van der Waals surface area contributed by atoms with E-state index in [0.717, 1.165) is 39.3 Å². The summed E-state index contributed by atoms with van der Waals surface area (Å²) in [5.41, 5.74) is 5.28. The Hall–Kier alpha value is -3.56. The minimum atomic E-state index is -0.534. The van der Waals surface area contributed by atoms with Crippen LogP contribution in [-0.2, 0) is 0 Å². The first-order valence-electron chi connectivity index (χ1n) is 9.86. The number of para-hydroxylation sites is 1. The van der Waals surface area contributed by atoms with Crippen LogP contribution in [0.25, 0.3) is 32.9 Å². The number of hydrogen-bond acceptors (Lipinski definition) is 3. The number of halogens is 1. The van der Waals surface area contributed by atoms with Gasteiger partial charge in [-0.25, -0.2) is 4.99 Å². The summed E-state index contributed by atoms with van der Waals surface area (Å²) in [6.07, 6.45) is 0. The van der Waals surface area contributed by atoms with Gasteiger partial charge in [-0.3, -0.25) is 0 Å². The van der Waals surface area contributed by atoms with Gasteiger partial charge in [-0.1, -0.05) is 84.4 Å². The third kappa shape index (κ3) is 2.78. The van der Waals surface area contributed by atoms with Crippen molar-refractivity contribution in [1.29, 1.82) is 0 Å². The molecule has 3 nitrogen and oxygen atoms in total. The average molecular weight is 409 g/mol. The van der Waals surface area contributed by atoms with E-state index in [4.69, 9.17) is 16.0 Å². The summed E-state index contributed by atoms with van der Waals surface area (Å²) >= 11 is 6.39. The fraction of sp³-hybridized carbons (Fsp3) is 0.0385. The van der Waals surface area contributed by atoms with E-state index in [1.54, 1.807) is 0 Å². The second-order valence-electron chi connectivity index (χ2n) is 7.40. The predicted octanol–water partition coefficient (Wildman–Crippen LogP) is 7.04. The molecule has 4 heteroatoms. The molecule has 0 spiro atoms. The maximum atomic E-state index is 6.39. The minimum Gasteiger partial charge on any atom is -0.452 e. The monoisotopic (exact) mass is 408 g/mol. The SMILES string of the molecule is ClC1N=C(c2ccc(-c3ccc4ccccc4c3)cc2)c2oc3ccccc3c2N1. The fourth-order valence-electron chi connectivity index (χ4n) is 4.07. The topological polar surface area (TPSA) is 37.5 Å². The zero-order valence-electron chi connectivity index (χ0n) is 16.0. The number of aliphatic imine (C=N–C) groups is 1. The Morgan fingerprint density at radius 3 is 2.30 bits per heavy atom. The lowest BCUT2D eigenvalue weighted by molar-refractivity contribution is 0.603. The molecule has 1 atom stereocenters. The van der Waals surface area contributed by atoms with Gasteiger partial charge < -0.3 is 9.73 Å². The molecule has 0 fully saturated rings. The molecule has 1 aliphatic heterocycles. The third-order valence-corrected chi connectivity index (χ3v) is 5.76. The van der Waals surface area contributed by atoms with Crippen molar-refractivity contribution < 1.29 is 4.42 Å². The molecule has 0 saturated carbocycles. The number of benzene rings is 4. The van der Waals surface area contributed by atoms with Crippen molar-refractivity contribution in [3.8, 4) is 11.1 Å². The van der Waals surface area contributed by atoms with Gasteiger partial charge in [-0.15, -0.1) is 0 Å². The van der Waals surface area contributed by atoms with Crippen LogP contribution in [0.4, 0.5) is 5.69 Å².